The van der Waals surface area contributed by atoms with Crippen LogP contribution in [-0.2, 0) is 6.42 Å². The number of nitrogens with zero attached hydrogens (tertiary/aromatic N) is 2. The molecule has 0 aliphatic carbocycles. The average Bonchev–Trinajstić information content (AvgIpc) is 2.39. The molecule has 110 valence electrons. The maximum Gasteiger partial charge on any atom is 0.119 e. The molecule has 0 saturated carbocycles. The normalized spacial score (nSPS) is 14.1. The van der Waals surface area contributed by atoms with Gasteiger partial charge in [-0.15, -0.1) is 0 Å². The molecular weight excluding hydrogens is 248 g/mol. The summed E-state index contributed by atoms with van der Waals surface area (Å²) in [6.07, 6.45) is 0.871. The number of likely N-dealkylation sites (N-methyl/N-ethyl adjacent to an activating group) is 1. The lowest BCUT2D eigenvalue weighted by atomic mass is 9.92. The quantitative estimate of drug-likeness (QED) is 0.761. The number of hydrogen-bond acceptors (Lipinski definition) is 3. The van der Waals surface area contributed by atoms with Crippen molar-refractivity contribution in [2.45, 2.75) is 52.7 Å². The van der Waals surface area contributed by atoms with Crippen molar-refractivity contribution in [2.24, 2.45) is 0 Å². The fourth-order valence-electron chi connectivity index (χ4n) is 2.54. The minimum absolute atomic E-state index is 0.162. The summed E-state index contributed by atoms with van der Waals surface area (Å²) in [6.45, 7) is 12.0. The average molecular weight is 274 g/mol. The van der Waals surface area contributed by atoms with Gasteiger partial charge in [0.05, 0.1) is 12.2 Å². The van der Waals surface area contributed by atoms with Gasteiger partial charge in [-0.1, -0.05) is 26.0 Å². The van der Waals surface area contributed by atoms with Crippen molar-refractivity contribution >= 4 is 0 Å². The topological polar surface area (TPSA) is 36.3 Å². The van der Waals surface area contributed by atoms with E-state index in [1.54, 1.807) is 0 Å². The predicted octanol–water partition coefficient (Wildman–Crippen LogP) is 3.64. The summed E-state index contributed by atoms with van der Waals surface area (Å²) < 4.78 is 5.72. The zero-order valence-electron chi connectivity index (χ0n) is 13.3. The molecule has 1 unspecified atom stereocenters. The molecule has 0 bridgehead atoms. The number of hydrogen-bond donors (Lipinski definition) is 0. The van der Waals surface area contributed by atoms with Gasteiger partial charge in [-0.3, -0.25) is 4.90 Å². The minimum Gasteiger partial charge on any atom is -0.491 e. The smallest absolute Gasteiger partial charge is 0.119 e. The van der Waals surface area contributed by atoms with E-state index in [4.69, 9.17) is 4.74 Å². The first-order valence-corrected chi connectivity index (χ1v) is 7.37. The van der Waals surface area contributed by atoms with E-state index in [1.807, 2.05) is 39.0 Å². The van der Waals surface area contributed by atoms with Gasteiger partial charge in [0.15, 0.2) is 0 Å². The molecule has 1 rings (SSSR count). The first-order valence-electron chi connectivity index (χ1n) is 7.37. The van der Waals surface area contributed by atoms with E-state index >= 15 is 0 Å². The van der Waals surface area contributed by atoms with E-state index in [0.717, 1.165) is 24.4 Å². The highest BCUT2D eigenvalue weighted by molar-refractivity contribution is 5.31. The van der Waals surface area contributed by atoms with Crippen LogP contribution in [0, 0.1) is 11.3 Å². The van der Waals surface area contributed by atoms with Crippen molar-refractivity contribution in [1.82, 2.24) is 4.90 Å². The van der Waals surface area contributed by atoms with E-state index in [1.165, 1.54) is 0 Å². The Balaban J connectivity index is 2.93. The third-order valence-electron chi connectivity index (χ3n) is 3.52. The Morgan fingerprint density at radius 2 is 1.95 bits per heavy atom. The number of rotatable bonds is 7. The van der Waals surface area contributed by atoms with E-state index in [2.05, 4.69) is 30.9 Å². The van der Waals surface area contributed by atoms with Crippen LogP contribution < -0.4 is 4.74 Å². The van der Waals surface area contributed by atoms with E-state index in [-0.39, 0.29) is 6.10 Å². The Bertz CT molecular complexity index is 460. The lowest BCUT2D eigenvalue weighted by molar-refractivity contribution is 0.169. The van der Waals surface area contributed by atoms with Crippen LogP contribution in [-0.4, -0.2) is 29.6 Å². The van der Waals surface area contributed by atoms with Gasteiger partial charge in [-0.05, 0) is 51.6 Å². The van der Waals surface area contributed by atoms with Gasteiger partial charge in [-0.2, -0.15) is 5.26 Å². The Morgan fingerprint density at radius 3 is 2.45 bits per heavy atom. The van der Waals surface area contributed by atoms with Crippen LogP contribution in [0.25, 0.3) is 0 Å². The molecule has 0 aliphatic heterocycles. The van der Waals surface area contributed by atoms with Crippen LogP contribution in [0.1, 0.15) is 40.2 Å². The van der Waals surface area contributed by atoms with Crippen molar-refractivity contribution in [3.05, 3.63) is 29.8 Å². The van der Waals surface area contributed by atoms with Crippen molar-refractivity contribution in [2.75, 3.05) is 13.1 Å². The fourth-order valence-corrected chi connectivity index (χ4v) is 2.54. The Labute approximate surface area is 123 Å². The summed E-state index contributed by atoms with van der Waals surface area (Å²) in [5, 5.41) is 9.57. The van der Waals surface area contributed by atoms with Crippen molar-refractivity contribution in [1.29, 1.82) is 5.26 Å². The largest absolute Gasteiger partial charge is 0.491 e. The van der Waals surface area contributed by atoms with Gasteiger partial charge in [0, 0.05) is 6.42 Å². The lowest BCUT2D eigenvalue weighted by Crippen LogP contribution is -2.46. The Morgan fingerprint density at radius 1 is 1.30 bits per heavy atom. The van der Waals surface area contributed by atoms with Gasteiger partial charge in [0.1, 0.15) is 11.3 Å². The molecule has 0 radical (unpaired) electrons. The molecule has 0 amide bonds. The summed E-state index contributed by atoms with van der Waals surface area (Å²) in [7, 11) is 0. The second-order valence-electron chi connectivity index (χ2n) is 5.55. The Hall–Kier alpha value is -1.53. The first kappa shape index (κ1) is 16.5. The van der Waals surface area contributed by atoms with Crippen LogP contribution in [0.4, 0.5) is 0 Å². The summed E-state index contributed by atoms with van der Waals surface area (Å²) in [4.78, 5) is 2.20. The minimum atomic E-state index is -0.472. The van der Waals surface area contributed by atoms with Gasteiger partial charge in [-0.25, -0.2) is 0 Å². The monoisotopic (exact) mass is 274 g/mol. The zero-order chi connectivity index (χ0) is 15.2. The highest BCUT2D eigenvalue weighted by Crippen LogP contribution is 2.23. The van der Waals surface area contributed by atoms with Crippen LogP contribution >= 0.6 is 0 Å². The van der Waals surface area contributed by atoms with Gasteiger partial charge in [0.25, 0.3) is 0 Å². The molecule has 0 aliphatic rings. The second-order valence-corrected chi connectivity index (χ2v) is 5.55. The molecule has 20 heavy (non-hydrogen) atoms. The standard InChI is InChI=1S/C17H26N2O/c1-6-19(7-2)17(5,13-18)12-15-9-8-10-16(11-15)20-14(3)4/h8-11,14H,6-7,12H2,1-5H3. The second kappa shape index (κ2) is 7.31. The van der Waals surface area contributed by atoms with E-state index < -0.39 is 5.54 Å². The SMILES string of the molecule is CCN(CC)C(C)(C#N)Cc1cccc(OC(C)C)c1. The first-order chi connectivity index (χ1) is 9.45. The van der Waals surface area contributed by atoms with Crippen LogP contribution in [0.3, 0.4) is 0 Å². The molecule has 0 fully saturated rings. The molecule has 1 aromatic carbocycles. The molecule has 3 heteroatoms. The molecule has 3 nitrogen and oxygen atoms in total. The number of nitriles is 1. The molecule has 1 atom stereocenters. The summed E-state index contributed by atoms with van der Waals surface area (Å²) in [6, 6.07) is 10.5. The third kappa shape index (κ3) is 4.25. The zero-order valence-corrected chi connectivity index (χ0v) is 13.3. The third-order valence-corrected chi connectivity index (χ3v) is 3.52. The van der Waals surface area contributed by atoms with Gasteiger partial charge < -0.3 is 4.74 Å². The highest BCUT2D eigenvalue weighted by Gasteiger charge is 2.30. The maximum atomic E-state index is 9.57. The summed E-state index contributed by atoms with van der Waals surface area (Å²) >= 11 is 0. The van der Waals surface area contributed by atoms with Gasteiger partial charge >= 0.3 is 0 Å². The van der Waals surface area contributed by atoms with Crippen LogP contribution in [0.5, 0.6) is 5.75 Å². The molecule has 0 aromatic heterocycles. The van der Waals surface area contributed by atoms with E-state index in [9.17, 15) is 5.26 Å². The van der Waals surface area contributed by atoms with Crippen molar-refractivity contribution in [3.8, 4) is 11.8 Å². The van der Waals surface area contributed by atoms with Crippen molar-refractivity contribution < 1.29 is 4.74 Å². The molecule has 0 heterocycles. The summed E-state index contributed by atoms with van der Waals surface area (Å²) in [5.41, 5.74) is 0.666. The van der Waals surface area contributed by atoms with Crippen LogP contribution in [0.15, 0.2) is 24.3 Å². The molecule has 0 N–H and O–H groups in total. The highest BCUT2D eigenvalue weighted by atomic mass is 16.5. The predicted molar refractivity (Wildman–Crippen MR) is 82.8 cm³/mol. The number of ether oxygens (including phenoxy) is 1. The number of benzene rings is 1. The fraction of sp³-hybridized carbons (Fsp3) is 0.588. The molecule has 0 spiro atoms. The van der Waals surface area contributed by atoms with Crippen LogP contribution in [0.2, 0.25) is 0 Å². The van der Waals surface area contributed by atoms with Crippen molar-refractivity contribution in [3.63, 3.8) is 0 Å². The Kier molecular flexibility index (Phi) is 6.04. The molecular formula is C17H26N2O. The molecule has 0 saturated heterocycles. The van der Waals surface area contributed by atoms with E-state index in [0.29, 0.717) is 6.42 Å². The molecule has 1 aromatic rings. The lowest BCUT2D eigenvalue weighted by Gasteiger charge is -2.34. The summed E-state index contributed by atoms with van der Waals surface area (Å²) in [5.74, 6) is 0.873. The maximum absolute atomic E-state index is 9.57. The van der Waals surface area contributed by atoms with Gasteiger partial charge in [0.2, 0.25) is 0 Å².